The van der Waals surface area contributed by atoms with Crippen molar-refractivity contribution in [2.75, 3.05) is 32.8 Å². The largest absolute Gasteiger partial charge is 0.486 e. The Bertz CT molecular complexity index is 793. The lowest BCUT2D eigenvalue weighted by molar-refractivity contribution is 0.0967. The van der Waals surface area contributed by atoms with Gasteiger partial charge in [0.1, 0.15) is 13.2 Å². The number of fused-ring (bicyclic) bond motifs is 1. The summed E-state index contributed by atoms with van der Waals surface area (Å²) in [7, 11) is 0. The summed E-state index contributed by atoms with van der Waals surface area (Å²) >= 11 is 6.24. The molecule has 2 aliphatic rings. The number of hydrogen-bond donors (Lipinski definition) is 0. The number of ether oxygens (including phenoxy) is 2. The first kappa shape index (κ1) is 17.4. The molecule has 0 aliphatic carbocycles. The molecule has 136 valence electrons. The normalized spacial score (nSPS) is 19.5. The molecule has 5 heteroatoms. The van der Waals surface area contributed by atoms with E-state index in [4.69, 9.17) is 21.1 Å². The van der Waals surface area contributed by atoms with Crippen LogP contribution < -0.4 is 9.47 Å². The zero-order valence-corrected chi connectivity index (χ0v) is 15.4. The molecule has 1 atom stereocenters. The van der Waals surface area contributed by atoms with Crippen LogP contribution in [0.2, 0.25) is 5.02 Å². The molecule has 2 aromatic rings. The summed E-state index contributed by atoms with van der Waals surface area (Å²) in [5.74, 6) is 1.76. The number of carbonyl (C=O) groups is 1. The molecule has 1 unspecified atom stereocenters. The van der Waals surface area contributed by atoms with E-state index in [1.54, 1.807) is 12.1 Å². The van der Waals surface area contributed by atoms with E-state index in [2.05, 4.69) is 29.2 Å². The van der Waals surface area contributed by atoms with Gasteiger partial charge in [-0.2, -0.15) is 0 Å². The Balaban J connectivity index is 1.35. The van der Waals surface area contributed by atoms with Crippen LogP contribution in [0, 0.1) is 0 Å². The van der Waals surface area contributed by atoms with Gasteiger partial charge in [0.15, 0.2) is 17.3 Å². The third-order valence-electron chi connectivity index (χ3n) is 5.12. The fourth-order valence-electron chi connectivity index (χ4n) is 3.71. The third kappa shape index (κ3) is 3.71. The highest BCUT2D eigenvalue weighted by Crippen LogP contribution is 2.38. The number of Topliss-reactive ketones (excluding diaryl/α,β-unsaturated/α-hetero) is 1. The second-order valence-electron chi connectivity index (χ2n) is 6.85. The summed E-state index contributed by atoms with van der Waals surface area (Å²) in [5.41, 5.74) is 1.98. The summed E-state index contributed by atoms with van der Waals surface area (Å²) in [6.07, 6.45) is 1.63. The average Bonchev–Trinajstić information content (AvgIpc) is 3.16. The molecule has 0 spiro atoms. The summed E-state index contributed by atoms with van der Waals surface area (Å²) < 4.78 is 11.1. The van der Waals surface area contributed by atoms with Crippen molar-refractivity contribution in [3.05, 3.63) is 58.6 Å². The fraction of sp³-hybridized carbons (Fsp3) is 0.381. The van der Waals surface area contributed by atoms with Crippen molar-refractivity contribution < 1.29 is 14.3 Å². The molecule has 26 heavy (non-hydrogen) atoms. The van der Waals surface area contributed by atoms with Gasteiger partial charge in [0.05, 0.1) is 5.02 Å². The van der Waals surface area contributed by atoms with Crippen molar-refractivity contribution in [1.82, 2.24) is 4.90 Å². The highest BCUT2D eigenvalue weighted by Gasteiger charge is 2.24. The number of hydrogen-bond acceptors (Lipinski definition) is 4. The molecule has 0 saturated carbocycles. The van der Waals surface area contributed by atoms with Gasteiger partial charge in [0, 0.05) is 25.1 Å². The summed E-state index contributed by atoms with van der Waals surface area (Å²) in [6, 6.07) is 14.0. The molecular weight excluding hydrogens is 350 g/mol. The molecule has 0 N–H and O–H groups in total. The summed E-state index contributed by atoms with van der Waals surface area (Å²) in [5, 5.41) is 0.441. The average molecular weight is 372 g/mol. The van der Waals surface area contributed by atoms with Crippen molar-refractivity contribution in [2.45, 2.75) is 18.8 Å². The van der Waals surface area contributed by atoms with Gasteiger partial charge >= 0.3 is 0 Å². The first-order chi connectivity index (χ1) is 12.7. The summed E-state index contributed by atoms with van der Waals surface area (Å²) in [4.78, 5) is 15.0. The Hall–Kier alpha value is -2.04. The molecule has 0 aromatic heterocycles. The van der Waals surface area contributed by atoms with Crippen LogP contribution in [0.15, 0.2) is 42.5 Å². The monoisotopic (exact) mass is 371 g/mol. The SMILES string of the molecule is O=C(CCN1CCC(c2ccccc2)C1)c1cc(Cl)c2c(c1)OCCO2. The van der Waals surface area contributed by atoms with Gasteiger partial charge in [0.25, 0.3) is 0 Å². The van der Waals surface area contributed by atoms with Crippen LogP contribution >= 0.6 is 11.6 Å². The van der Waals surface area contributed by atoms with Gasteiger partial charge in [-0.15, -0.1) is 0 Å². The standard InChI is InChI=1S/C21H22ClNO3/c22-18-12-17(13-20-21(18)26-11-10-25-20)19(24)7-9-23-8-6-16(14-23)15-4-2-1-3-5-15/h1-5,12-13,16H,6-11,14H2. The number of benzene rings is 2. The zero-order valence-electron chi connectivity index (χ0n) is 14.6. The first-order valence-corrected chi connectivity index (χ1v) is 9.48. The van der Waals surface area contributed by atoms with E-state index in [1.165, 1.54) is 5.56 Å². The number of nitrogens with zero attached hydrogens (tertiary/aromatic N) is 1. The van der Waals surface area contributed by atoms with Gasteiger partial charge in [-0.05, 0) is 36.6 Å². The smallest absolute Gasteiger partial charge is 0.179 e. The van der Waals surface area contributed by atoms with Crippen LogP contribution in [-0.4, -0.2) is 43.5 Å². The lowest BCUT2D eigenvalue weighted by Gasteiger charge is -2.20. The Morgan fingerprint density at radius 3 is 2.81 bits per heavy atom. The van der Waals surface area contributed by atoms with E-state index in [0.717, 1.165) is 26.1 Å². The van der Waals surface area contributed by atoms with Crippen molar-refractivity contribution in [2.24, 2.45) is 0 Å². The molecule has 0 amide bonds. The minimum absolute atomic E-state index is 0.0898. The van der Waals surface area contributed by atoms with Gasteiger partial charge in [-0.1, -0.05) is 41.9 Å². The zero-order chi connectivity index (χ0) is 17.9. The quantitative estimate of drug-likeness (QED) is 0.739. The molecule has 2 heterocycles. The molecule has 4 rings (SSSR count). The number of rotatable bonds is 5. The van der Waals surface area contributed by atoms with Crippen molar-refractivity contribution in [1.29, 1.82) is 0 Å². The second kappa shape index (κ2) is 7.68. The lowest BCUT2D eigenvalue weighted by atomic mass is 9.99. The Labute approximate surface area is 158 Å². The molecule has 0 radical (unpaired) electrons. The van der Waals surface area contributed by atoms with E-state index in [-0.39, 0.29) is 5.78 Å². The number of ketones is 1. The predicted molar refractivity (Wildman–Crippen MR) is 102 cm³/mol. The van der Waals surface area contributed by atoms with Crippen LogP contribution in [-0.2, 0) is 0 Å². The molecule has 1 saturated heterocycles. The molecular formula is C21H22ClNO3. The van der Waals surface area contributed by atoms with Crippen molar-refractivity contribution >= 4 is 17.4 Å². The van der Waals surface area contributed by atoms with Crippen molar-refractivity contribution in [3.8, 4) is 11.5 Å². The highest BCUT2D eigenvalue weighted by molar-refractivity contribution is 6.32. The van der Waals surface area contributed by atoms with Gasteiger partial charge < -0.3 is 14.4 Å². The van der Waals surface area contributed by atoms with Crippen LogP contribution in [0.1, 0.15) is 34.7 Å². The minimum atomic E-state index is 0.0898. The van der Waals surface area contributed by atoms with E-state index in [1.807, 2.05) is 6.07 Å². The van der Waals surface area contributed by atoms with Crippen LogP contribution in [0.4, 0.5) is 0 Å². The third-order valence-corrected chi connectivity index (χ3v) is 5.40. The molecule has 4 nitrogen and oxygen atoms in total. The van der Waals surface area contributed by atoms with E-state index in [0.29, 0.717) is 47.6 Å². The Morgan fingerprint density at radius 1 is 1.15 bits per heavy atom. The van der Waals surface area contributed by atoms with E-state index >= 15 is 0 Å². The molecule has 0 bridgehead atoms. The fourth-order valence-corrected chi connectivity index (χ4v) is 3.97. The molecule has 1 fully saturated rings. The maximum absolute atomic E-state index is 12.6. The minimum Gasteiger partial charge on any atom is -0.486 e. The maximum Gasteiger partial charge on any atom is 0.179 e. The van der Waals surface area contributed by atoms with Gasteiger partial charge in [0.2, 0.25) is 0 Å². The van der Waals surface area contributed by atoms with E-state index < -0.39 is 0 Å². The second-order valence-corrected chi connectivity index (χ2v) is 7.26. The molecule has 2 aliphatic heterocycles. The highest BCUT2D eigenvalue weighted by atomic mass is 35.5. The van der Waals surface area contributed by atoms with Gasteiger partial charge in [-0.3, -0.25) is 4.79 Å². The number of carbonyl (C=O) groups excluding carboxylic acids is 1. The van der Waals surface area contributed by atoms with Crippen molar-refractivity contribution in [3.63, 3.8) is 0 Å². The van der Waals surface area contributed by atoms with E-state index in [9.17, 15) is 4.79 Å². The Kier molecular flexibility index (Phi) is 5.14. The van der Waals surface area contributed by atoms with Crippen LogP contribution in [0.3, 0.4) is 0 Å². The number of likely N-dealkylation sites (tertiary alicyclic amines) is 1. The topological polar surface area (TPSA) is 38.8 Å². The lowest BCUT2D eigenvalue weighted by Crippen LogP contribution is -2.24. The van der Waals surface area contributed by atoms with Crippen LogP contribution in [0.25, 0.3) is 0 Å². The Morgan fingerprint density at radius 2 is 1.96 bits per heavy atom. The predicted octanol–water partition coefficient (Wildman–Crippen LogP) is 4.17. The summed E-state index contributed by atoms with van der Waals surface area (Å²) in [6.45, 7) is 3.79. The molecule has 2 aromatic carbocycles. The van der Waals surface area contributed by atoms with Gasteiger partial charge in [-0.25, -0.2) is 0 Å². The number of halogens is 1. The maximum atomic E-state index is 12.6. The van der Waals surface area contributed by atoms with Crippen LogP contribution in [0.5, 0.6) is 11.5 Å². The first-order valence-electron chi connectivity index (χ1n) is 9.10.